The molecule has 2 aromatic carbocycles. The lowest BCUT2D eigenvalue weighted by Gasteiger charge is -2.28. The average molecular weight is 346 g/mol. The molecule has 0 N–H and O–H groups in total. The van der Waals surface area contributed by atoms with Crippen LogP contribution >= 0.6 is 0 Å². The maximum atomic E-state index is 14.0. The Bertz CT molecular complexity index is 727. The molecule has 0 aliphatic carbocycles. The highest BCUT2D eigenvalue weighted by molar-refractivity contribution is 5.34. The second-order valence-corrected chi connectivity index (χ2v) is 6.82. The van der Waals surface area contributed by atoms with E-state index < -0.39 is 11.6 Å². The molecule has 1 saturated heterocycles. The van der Waals surface area contributed by atoms with Crippen LogP contribution in [0.5, 0.6) is 0 Å². The van der Waals surface area contributed by atoms with E-state index in [9.17, 15) is 8.78 Å². The summed E-state index contributed by atoms with van der Waals surface area (Å²) in [6.07, 6.45) is 0.819. The van der Waals surface area contributed by atoms with Gasteiger partial charge in [-0.05, 0) is 68.0 Å². The van der Waals surface area contributed by atoms with Gasteiger partial charge in [0.15, 0.2) is 6.29 Å². The second-order valence-electron chi connectivity index (χ2n) is 6.82. The lowest BCUT2D eigenvalue weighted by molar-refractivity contribution is -0.176. The van der Waals surface area contributed by atoms with Crippen molar-refractivity contribution in [3.63, 3.8) is 0 Å². The summed E-state index contributed by atoms with van der Waals surface area (Å²) < 4.78 is 39.1. The molecule has 1 fully saturated rings. The van der Waals surface area contributed by atoms with Gasteiger partial charge in [0.25, 0.3) is 0 Å². The fraction of sp³-hybridized carbons (Fsp3) is 0.429. The molecule has 1 aliphatic heterocycles. The van der Waals surface area contributed by atoms with Gasteiger partial charge in [-0.15, -0.1) is 0 Å². The average Bonchev–Trinajstić information content (AvgIpc) is 2.56. The number of benzene rings is 2. The Morgan fingerprint density at radius 3 is 2.20 bits per heavy atom. The summed E-state index contributed by atoms with van der Waals surface area (Å²) in [5.41, 5.74) is 4.18. The second kappa shape index (κ2) is 7.63. The number of aryl methyl sites for hydroxylation is 3. The van der Waals surface area contributed by atoms with Crippen LogP contribution in [0.3, 0.4) is 0 Å². The Balaban J connectivity index is 1.70. The molecule has 0 radical (unpaired) electrons. The molecule has 0 spiro atoms. The predicted molar refractivity (Wildman–Crippen MR) is 93.8 cm³/mol. The maximum absolute atomic E-state index is 14.0. The molecule has 2 nitrogen and oxygen atoms in total. The summed E-state index contributed by atoms with van der Waals surface area (Å²) in [5.74, 6) is -0.689. The van der Waals surface area contributed by atoms with Gasteiger partial charge in [0.1, 0.15) is 11.6 Å². The van der Waals surface area contributed by atoms with E-state index in [0.717, 1.165) is 11.1 Å². The lowest BCUT2D eigenvalue weighted by atomic mass is 9.93. The van der Waals surface area contributed by atoms with Gasteiger partial charge in [0, 0.05) is 11.5 Å². The standard InChI is InChI=1S/C21H24F2O2/c1-13-8-20(22)19(21(23)9-13)7-6-16-4-5-17(10-14(16)2)18-11-24-15(3)25-12-18/h4-5,8-10,15,18H,6-7,11-12H2,1-3H3. The Hall–Kier alpha value is -1.78. The van der Waals surface area contributed by atoms with Crippen LogP contribution in [-0.4, -0.2) is 19.5 Å². The first-order valence-corrected chi connectivity index (χ1v) is 8.71. The fourth-order valence-corrected chi connectivity index (χ4v) is 3.27. The molecule has 3 rings (SSSR count). The van der Waals surface area contributed by atoms with Gasteiger partial charge in [0.2, 0.25) is 0 Å². The van der Waals surface area contributed by atoms with Crippen LogP contribution in [-0.2, 0) is 22.3 Å². The Labute approximate surface area is 147 Å². The monoisotopic (exact) mass is 346 g/mol. The molecule has 0 unspecified atom stereocenters. The van der Waals surface area contributed by atoms with E-state index in [2.05, 4.69) is 12.1 Å². The first-order valence-electron chi connectivity index (χ1n) is 8.71. The molecule has 2 aromatic rings. The summed E-state index contributed by atoms with van der Waals surface area (Å²) in [6, 6.07) is 9.02. The number of hydrogen-bond acceptors (Lipinski definition) is 2. The van der Waals surface area contributed by atoms with E-state index >= 15 is 0 Å². The zero-order valence-corrected chi connectivity index (χ0v) is 14.9. The van der Waals surface area contributed by atoms with Gasteiger partial charge >= 0.3 is 0 Å². The highest BCUT2D eigenvalue weighted by Crippen LogP contribution is 2.25. The largest absolute Gasteiger partial charge is 0.352 e. The van der Waals surface area contributed by atoms with Crippen molar-refractivity contribution in [3.8, 4) is 0 Å². The Kier molecular flexibility index (Phi) is 5.50. The van der Waals surface area contributed by atoms with Crippen molar-refractivity contribution in [3.05, 3.63) is 69.8 Å². The van der Waals surface area contributed by atoms with E-state index in [-0.39, 0.29) is 17.8 Å². The third-order valence-electron chi connectivity index (χ3n) is 4.83. The molecule has 134 valence electrons. The molecule has 0 aromatic heterocycles. The molecule has 0 amide bonds. The zero-order chi connectivity index (χ0) is 18.0. The smallest absolute Gasteiger partial charge is 0.154 e. The topological polar surface area (TPSA) is 18.5 Å². The number of halogens is 2. The number of rotatable bonds is 4. The van der Waals surface area contributed by atoms with Crippen LogP contribution in [0.25, 0.3) is 0 Å². The molecule has 25 heavy (non-hydrogen) atoms. The summed E-state index contributed by atoms with van der Waals surface area (Å²) in [4.78, 5) is 0. The molecular weight excluding hydrogens is 322 g/mol. The van der Waals surface area contributed by atoms with E-state index in [4.69, 9.17) is 9.47 Å². The summed E-state index contributed by atoms with van der Waals surface area (Å²) >= 11 is 0. The molecule has 0 bridgehead atoms. The van der Waals surface area contributed by atoms with Crippen molar-refractivity contribution < 1.29 is 18.3 Å². The molecule has 0 atom stereocenters. The normalized spacial score (nSPS) is 20.7. The maximum Gasteiger partial charge on any atom is 0.154 e. The van der Waals surface area contributed by atoms with Gasteiger partial charge in [-0.2, -0.15) is 0 Å². The number of ether oxygens (including phenoxy) is 2. The van der Waals surface area contributed by atoms with Gasteiger partial charge in [-0.3, -0.25) is 0 Å². The van der Waals surface area contributed by atoms with Gasteiger partial charge in [0.05, 0.1) is 13.2 Å². The van der Waals surface area contributed by atoms with Crippen LogP contribution in [0.15, 0.2) is 30.3 Å². The van der Waals surface area contributed by atoms with Gasteiger partial charge in [-0.1, -0.05) is 18.2 Å². The highest BCUT2D eigenvalue weighted by atomic mass is 19.1. The fourth-order valence-electron chi connectivity index (χ4n) is 3.27. The summed E-state index contributed by atoms with van der Waals surface area (Å²) in [5, 5.41) is 0. The molecule has 1 heterocycles. The summed E-state index contributed by atoms with van der Waals surface area (Å²) in [7, 11) is 0. The summed E-state index contributed by atoms with van der Waals surface area (Å²) in [6.45, 7) is 6.93. The quantitative estimate of drug-likeness (QED) is 0.788. The minimum Gasteiger partial charge on any atom is -0.352 e. The van der Waals surface area contributed by atoms with Crippen molar-refractivity contribution >= 4 is 0 Å². The van der Waals surface area contributed by atoms with Gasteiger partial charge in [-0.25, -0.2) is 8.78 Å². The van der Waals surface area contributed by atoms with Crippen molar-refractivity contribution in [1.82, 2.24) is 0 Å². The SMILES string of the molecule is Cc1cc(F)c(CCc2ccc(C3COC(C)OC3)cc2C)c(F)c1. The minimum atomic E-state index is -0.461. The minimum absolute atomic E-state index is 0.143. The van der Waals surface area contributed by atoms with E-state index in [1.165, 1.54) is 17.7 Å². The van der Waals surface area contributed by atoms with E-state index in [1.807, 2.05) is 19.9 Å². The lowest BCUT2D eigenvalue weighted by Crippen LogP contribution is -2.28. The molecule has 4 heteroatoms. The van der Waals surface area contributed by atoms with Crippen LogP contribution in [0.1, 0.15) is 40.7 Å². The first-order chi connectivity index (χ1) is 11.9. The third-order valence-corrected chi connectivity index (χ3v) is 4.83. The van der Waals surface area contributed by atoms with Crippen LogP contribution < -0.4 is 0 Å². The van der Waals surface area contributed by atoms with Crippen LogP contribution in [0, 0.1) is 25.5 Å². The van der Waals surface area contributed by atoms with Crippen molar-refractivity contribution in [1.29, 1.82) is 0 Å². The van der Waals surface area contributed by atoms with E-state index in [0.29, 0.717) is 31.6 Å². The van der Waals surface area contributed by atoms with Crippen molar-refractivity contribution in [2.24, 2.45) is 0 Å². The predicted octanol–water partition coefficient (Wildman–Crippen LogP) is 4.84. The van der Waals surface area contributed by atoms with Crippen LogP contribution in [0.2, 0.25) is 0 Å². The van der Waals surface area contributed by atoms with Crippen molar-refractivity contribution in [2.45, 2.75) is 45.8 Å². The molecular formula is C21H24F2O2. The zero-order valence-electron chi connectivity index (χ0n) is 14.9. The first kappa shape index (κ1) is 18.0. The Morgan fingerprint density at radius 2 is 1.60 bits per heavy atom. The van der Waals surface area contributed by atoms with Gasteiger partial charge < -0.3 is 9.47 Å². The Morgan fingerprint density at radius 1 is 0.960 bits per heavy atom. The molecule has 1 aliphatic rings. The molecule has 0 saturated carbocycles. The highest BCUT2D eigenvalue weighted by Gasteiger charge is 2.21. The van der Waals surface area contributed by atoms with E-state index in [1.54, 1.807) is 6.92 Å². The third kappa shape index (κ3) is 4.25. The van der Waals surface area contributed by atoms with Crippen LogP contribution in [0.4, 0.5) is 8.78 Å². The number of hydrogen-bond donors (Lipinski definition) is 0. The van der Waals surface area contributed by atoms with Crippen molar-refractivity contribution in [2.75, 3.05) is 13.2 Å².